The molecular weight excluding hydrogens is 406 g/mol. The molecule has 0 radical (unpaired) electrons. The van der Waals surface area contributed by atoms with Gasteiger partial charge >= 0.3 is 0 Å². The van der Waals surface area contributed by atoms with E-state index < -0.39 is 0 Å². The second-order valence-electron chi connectivity index (χ2n) is 5.36. The van der Waals surface area contributed by atoms with Crippen molar-refractivity contribution in [2.45, 2.75) is 30.8 Å². The van der Waals surface area contributed by atoms with E-state index in [1.165, 1.54) is 11.1 Å². The Hall–Kier alpha value is -1.30. The molecule has 0 atom stereocenters. The number of rotatable bonds is 6. The summed E-state index contributed by atoms with van der Waals surface area (Å²) >= 11 is 11.2. The normalized spacial score (nSPS) is 11.0. The van der Waals surface area contributed by atoms with Gasteiger partial charge in [0.2, 0.25) is 0 Å². The van der Waals surface area contributed by atoms with Gasteiger partial charge < -0.3 is 4.57 Å². The highest BCUT2D eigenvalue weighted by Gasteiger charge is 2.12. The lowest BCUT2D eigenvalue weighted by molar-refractivity contribution is 0.651. The van der Waals surface area contributed by atoms with E-state index >= 15 is 0 Å². The number of nitrogens with zero attached hydrogens (tertiary/aromatic N) is 3. The monoisotopic (exact) mass is 421 g/mol. The van der Waals surface area contributed by atoms with E-state index in [-0.39, 0.29) is 0 Å². The fourth-order valence-electron chi connectivity index (χ4n) is 2.43. The maximum Gasteiger partial charge on any atom is 0.191 e. The van der Waals surface area contributed by atoms with E-state index in [4.69, 9.17) is 11.6 Å². The van der Waals surface area contributed by atoms with Crippen LogP contribution in [0.15, 0.2) is 58.2 Å². The second kappa shape index (κ2) is 8.19. The topological polar surface area (TPSA) is 30.7 Å². The summed E-state index contributed by atoms with van der Waals surface area (Å²) in [7, 11) is 0. The van der Waals surface area contributed by atoms with Crippen LogP contribution in [-0.4, -0.2) is 14.8 Å². The highest BCUT2D eigenvalue weighted by atomic mass is 79.9. The predicted octanol–water partition coefficient (Wildman–Crippen LogP) is 5.60. The molecule has 0 saturated heterocycles. The molecule has 1 heterocycles. The number of thioether (sulfide) groups is 1. The van der Waals surface area contributed by atoms with Crippen LogP contribution in [0.5, 0.6) is 0 Å². The van der Waals surface area contributed by atoms with Crippen molar-refractivity contribution in [2.75, 3.05) is 0 Å². The molecule has 0 fully saturated rings. The standard InChI is InChI=1S/C18H17BrClN3S/c1-2-23-17(11-13-6-8-16(20)9-7-13)21-22-18(23)24-12-14-4-3-5-15(19)10-14/h3-10H,2,11-12H2,1H3. The van der Waals surface area contributed by atoms with Gasteiger partial charge in [-0.25, -0.2) is 0 Å². The molecule has 0 spiro atoms. The van der Waals surface area contributed by atoms with Crippen LogP contribution < -0.4 is 0 Å². The fraction of sp³-hybridized carbons (Fsp3) is 0.222. The number of aromatic nitrogens is 3. The van der Waals surface area contributed by atoms with E-state index in [0.717, 1.165) is 39.2 Å². The van der Waals surface area contributed by atoms with Crippen LogP contribution in [0.2, 0.25) is 5.02 Å². The van der Waals surface area contributed by atoms with Crippen molar-refractivity contribution in [1.29, 1.82) is 0 Å². The summed E-state index contributed by atoms with van der Waals surface area (Å²) in [6, 6.07) is 16.2. The molecule has 0 aliphatic rings. The first kappa shape index (κ1) is 17.5. The zero-order chi connectivity index (χ0) is 16.9. The summed E-state index contributed by atoms with van der Waals surface area (Å²) in [5, 5.41) is 10.5. The van der Waals surface area contributed by atoms with E-state index in [1.54, 1.807) is 11.8 Å². The van der Waals surface area contributed by atoms with Gasteiger partial charge in [0.25, 0.3) is 0 Å². The van der Waals surface area contributed by atoms with E-state index in [0.29, 0.717) is 0 Å². The molecule has 0 amide bonds. The minimum atomic E-state index is 0.751. The highest BCUT2D eigenvalue weighted by Crippen LogP contribution is 2.24. The van der Waals surface area contributed by atoms with Gasteiger partial charge in [0.05, 0.1) is 0 Å². The van der Waals surface area contributed by atoms with Crippen LogP contribution in [-0.2, 0) is 18.7 Å². The Kier molecular flexibility index (Phi) is 5.98. The Morgan fingerprint density at radius 3 is 2.58 bits per heavy atom. The SMILES string of the molecule is CCn1c(Cc2ccc(Cl)cc2)nnc1SCc1cccc(Br)c1. The largest absolute Gasteiger partial charge is 0.306 e. The minimum Gasteiger partial charge on any atom is -0.306 e. The number of hydrogen-bond donors (Lipinski definition) is 0. The van der Waals surface area contributed by atoms with Crippen molar-refractivity contribution in [1.82, 2.24) is 14.8 Å². The van der Waals surface area contributed by atoms with Gasteiger partial charge in [0, 0.05) is 28.2 Å². The summed E-state index contributed by atoms with van der Waals surface area (Å²) in [5.74, 6) is 1.86. The van der Waals surface area contributed by atoms with E-state index in [1.807, 2.05) is 30.3 Å². The Labute approximate surface area is 159 Å². The van der Waals surface area contributed by atoms with Crippen molar-refractivity contribution in [3.05, 3.63) is 75.0 Å². The molecule has 1 aromatic heterocycles. The van der Waals surface area contributed by atoms with Gasteiger partial charge in [-0.05, 0) is 42.3 Å². The van der Waals surface area contributed by atoms with Crippen molar-refractivity contribution in [3.8, 4) is 0 Å². The summed E-state index contributed by atoms with van der Waals surface area (Å²) in [6.45, 7) is 2.98. The Bertz CT molecular complexity index is 817. The first-order valence-corrected chi connectivity index (χ1v) is 9.85. The van der Waals surface area contributed by atoms with E-state index in [9.17, 15) is 0 Å². The summed E-state index contributed by atoms with van der Waals surface area (Å²) in [5.41, 5.74) is 2.45. The lowest BCUT2D eigenvalue weighted by atomic mass is 10.1. The number of hydrogen-bond acceptors (Lipinski definition) is 3. The molecular formula is C18H17BrClN3S. The van der Waals surface area contributed by atoms with Crippen LogP contribution in [0, 0.1) is 0 Å². The molecule has 124 valence electrons. The molecule has 3 rings (SSSR count). The number of benzene rings is 2. The van der Waals surface area contributed by atoms with Crippen molar-refractivity contribution >= 4 is 39.3 Å². The van der Waals surface area contributed by atoms with Gasteiger partial charge in [0.15, 0.2) is 5.16 Å². The van der Waals surface area contributed by atoms with Gasteiger partial charge in [-0.1, -0.05) is 63.6 Å². The molecule has 0 bridgehead atoms. The lowest BCUT2D eigenvalue weighted by Gasteiger charge is -2.08. The molecule has 3 nitrogen and oxygen atoms in total. The highest BCUT2D eigenvalue weighted by molar-refractivity contribution is 9.10. The van der Waals surface area contributed by atoms with Crippen LogP contribution in [0.25, 0.3) is 0 Å². The third-order valence-corrected chi connectivity index (χ3v) is 5.43. The minimum absolute atomic E-state index is 0.751. The summed E-state index contributed by atoms with van der Waals surface area (Å²) in [4.78, 5) is 0. The van der Waals surface area contributed by atoms with E-state index in [2.05, 4.69) is 55.8 Å². The van der Waals surface area contributed by atoms with Crippen LogP contribution >= 0.6 is 39.3 Å². The lowest BCUT2D eigenvalue weighted by Crippen LogP contribution is -2.04. The molecule has 2 aromatic carbocycles. The van der Waals surface area contributed by atoms with Gasteiger partial charge in [-0.2, -0.15) is 0 Å². The average Bonchev–Trinajstić information content (AvgIpc) is 2.97. The predicted molar refractivity (Wildman–Crippen MR) is 104 cm³/mol. The Morgan fingerprint density at radius 2 is 1.88 bits per heavy atom. The van der Waals surface area contributed by atoms with Gasteiger partial charge in [-0.15, -0.1) is 10.2 Å². The average molecular weight is 423 g/mol. The summed E-state index contributed by atoms with van der Waals surface area (Å²) in [6.07, 6.45) is 0.759. The first-order chi connectivity index (χ1) is 11.7. The molecule has 0 aliphatic carbocycles. The number of halogens is 2. The third kappa shape index (κ3) is 4.41. The molecule has 6 heteroatoms. The van der Waals surface area contributed by atoms with Crippen molar-refractivity contribution in [3.63, 3.8) is 0 Å². The summed E-state index contributed by atoms with van der Waals surface area (Å²) < 4.78 is 3.28. The van der Waals surface area contributed by atoms with Crippen LogP contribution in [0.1, 0.15) is 23.9 Å². The zero-order valence-corrected chi connectivity index (χ0v) is 16.4. The first-order valence-electron chi connectivity index (χ1n) is 7.69. The molecule has 0 aliphatic heterocycles. The van der Waals surface area contributed by atoms with Crippen LogP contribution in [0.4, 0.5) is 0 Å². The smallest absolute Gasteiger partial charge is 0.191 e. The van der Waals surface area contributed by atoms with Crippen LogP contribution in [0.3, 0.4) is 0 Å². The molecule has 0 saturated carbocycles. The van der Waals surface area contributed by atoms with Crippen molar-refractivity contribution in [2.24, 2.45) is 0 Å². The fourth-order valence-corrected chi connectivity index (χ4v) is 3.97. The molecule has 0 unspecified atom stereocenters. The molecule has 0 N–H and O–H groups in total. The quantitative estimate of drug-likeness (QED) is 0.485. The second-order valence-corrected chi connectivity index (χ2v) is 7.66. The maximum absolute atomic E-state index is 5.95. The van der Waals surface area contributed by atoms with Crippen molar-refractivity contribution < 1.29 is 0 Å². The Balaban J connectivity index is 1.73. The molecule has 24 heavy (non-hydrogen) atoms. The Morgan fingerprint density at radius 1 is 1.08 bits per heavy atom. The zero-order valence-electron chi connectivity index (χ0n) is 13.2. The maximum atomic E-state index is 5.95. The molecule has 3 aromatic rings. The third-order valence-electron chi connectivity index (χ3n) is 3.64. The van der Waals surface area contributed by atoms with Gasteiger partial charge in [0.1, 0.15) is 5.82 Å². The van der Waals surface area contributed by atoms with Gasteiger partial charge in [-0.3, -0.25) is 0 Å².